The van der Waals surface area contributed by atoms with E-state index < -0.39 is 0 Å². The van der Waals surface area contributed by atoms with Crippen LogP contribution < -0.4 is 5.32 Å². The van der Waals surface area contributed by atoms with Gasteiger partial charge < -0.3 is 5.32 Å². The largest absolute Gasteiger partial charge is 0.310 e. The van der Waals surface area contributed by atoms with Gasteiger partial charge in [-0.2, -0.15) is 0 Å². The molecule has 0 heterocycles. The van der Waals surface area contributed by atoms with Gasteiger partial charge in [0.25, 0.3) is 0 Å². The molecule has 0 aromatic heterocycles. The monoisotopic (exact) mass is 363 g/mol. The number of halogens is 2. The van der Waals surface area contributed by atoms with Crippen LogP contribution in [0.5, 0.6) is 0 Å². The van der Waals surface area contributed by atoms with Gasteiger partial charge in [0.05, 0.1) is 0 Å². The number of unbranched alkanes of at least 4 members (excludes halogenated alkanes) is 1. The Hall–Kier alpha value is -0.0600. The SMILES string of the molecule is C=CCCCC(NCC)c1cc(Cl)ccc1I. The van der Waals surface area contributed by atoms with Crippen LogP contribution in [-0.4, -0.2) is 6.54 Å². The summed E-state index contributed by atoms with van der Waals surface area (Å²) in [5, 5.41) is 4.34. The molecule has 0 radical (unpaired) electrons. The van der Waals surface area contributed by atoms with E-state index in [4.69, 9.17) is 11.6 Å². The highest BCUT2D eigenvalue weighted by molar-refractivity contribution is 14.1. The van der Waals surface area contributed by atoms with Gasteiger partial charge in [-0.15, -0.1) is 6.58 Å². The minimum absolute atomic E-state index is 0.394. The Balaban J connectivity index is 2.80. The van der Waals surface area contributed by atoms with E-state index in [1.54, 1.807) is 0 Å². The Labute approximate surface area is 123 Å². The van der Waals surface area contributed by atoms with Crippen LogP contribution in [0.25, 0.3) is 0 Å². The molecule has 0 saturated carbocycles. The Kier molecular flexibility index (Phi) is 7.16. The van der Waals surface area contributed by atoms with Gasteiger partial charge in [0, 0.05) is 14.6 Å². The van der Waals surface area contributed by atoms with E-state index in [1.807, 2.05) is 12.1 Å². The van der Waals surface area contributed by atoms with Crippen molar-refractivity contribution in [2.75, 3.05) is 6.54 Å². The lowest BCUT2D eigenvalue weighted by Gasteiger charge is -2.19. The van der Waals surface area contributed by atoms with E-state index in [9.17, 15) is 0 Å². The molecular formula is C14H19ClIN. The molecule has 0 amide bonds. The first kappa shape index (κ1) is 15.0. The maximum atomic E-state index is 6.08. The summed E-state index contributed by atoms with van der Waals surface area (Å²) in [5.74, 6) is 0. The third-order valence-electron chi connectivity index (χ3n) is 2.69. The van der Waals surface area contributed by atoms with E-state index in [1.165, 1.54) is 9.13 Å². The summed E-state index contributed by atoms with van der Waals surface area (Å²) in [4.78, 5) is 0. The number of benzene rings is 1. The van der Waals surface area contributed by atoms with Gasteiger partial charge in [-0.1, -0.05) is 24.6 Å². The van der Waals surface area contributed by atoms with Crippen LogP contribution in [-0.2, 0) is 0 Å². The van der Waals surface area contributed by atoms with Gasteiger partial charge in [0.15, 0.2) is 0 Å². The van der Waals surface area contributed by atoms with E-state index in [0.717, 1.165) is 30.8 Å². The lowest BCUT2D eigenvalue weighted by molar-refractivity contribution is 0.498. The van der Waals surface area contributed by atoms with Gasteiger partial charge in [0.2, 0.25) is 0 Å². The van der Waals surface area contributed by atoms with Crippen LogP contribution >= 0.6 is 34.2 Å². The topological polar surface area (TPSA) is 12.0 Å². The van der Waals surface area contributed by atoms with Crippen molar-refractivity contribution >= 4 is 34.2 Å². The number of rotatable bonds is 7. The molecule has 1 aromatic carbocycles. The minimum atomic E-state index is 0.394. The maximum absolute atomic E-state index is 6.08. The van der Waals surface area contributed by atoms with E-state index in [-0.39, 0.29) is 0 Å². The highest BCUT2D eigenvalue weighted by Crippen LogP contribution is 2.27. The lowest BCUT2D eigenvalue weighted by Crippen LogP contribution is -2.21. The number of allylic oxidation sites excluding steroid dienone is 1. The second-order valence-electron chi connectivity index (χ2n) is 4.00. The lowest BCUT2D eigenvalue weighted by atomic mass is 10.0. The van der Waals surface area contributed by atoms with E-state index >= 15 is 0 Å². The van der Waals surface area contributed by atoms with Crippen LogP contribution in [0.4, 0.5) is 0 Å². The number of nitrogens with one attached hydrogen (secondary N) is 1. The first-order chi connectivity index (χ1) is 8.19. The molecule has 3 heteroatoms. The van der Waals surface area contributed by atoms with Crippen molar-refractivity contribution in [3.63, 3.8) is 0 Å². The Bertz CT molecular complexity index is 365. The highest BCUT2D eigenvalue weighted by Gasteiger charge is 2.13. The molecule has 1 nitrogen and oxygen atoms in total. The van der Waals surface area contributed by atoms with Gasteiger partial charge in [0.1, 0.15) is 0 Å². The van der Waals surface area contributed by atoms with Crippen molar-refractivity contribution in [3.8, 4) is 0 Å². The summed E-state index contributed by atoms with van der Waals surface area (Å²) < 4.78 is 1.27. The molecule has 94 valence electrons. The van der Waals surface area contributed by atoms with Crippen molar-refractivity contribution in [3.05, 3.63) is 45.0 Å². The molecule has 0 saturated heterocycles. The fourth-order valence-corrected chi connectivity index (χ4v) is 2.75. The summed E-state index contributed by atoms with van der Waals surface area (Å²) >= 11 is 8.45. The van der Waals surface area contributed by atoms with Crippen molar-refractivity contribution in [2.24, 2.45) is 0 Å². The zero-order valence-corrected chi connectivity index (χ0v) is 13.1. The predicted octanol–water partition coefficient (Wildman–Crippen LogP) is 4.95. The molecule has 1 rings (SSSR count). The fourth-order valence-electron chi connectivity index (χ4n) is 1.86. The van der Waals surface area contributed by atoms with Gasteiger partial charge in [-0.25, -0.2) is 0 Å². The first-order valence-corrected chi connectivity index (χ1v) is 7.44. The van der Waals surface area contributed by atoms with Crippen LogP contribution in [0.3, 0.4) is 0 Å². The third kappa shape index (κ3) is 4.98. The Morgan fingerprint density at radius 1 is 1.53 bits per heavy atom. The van der Waals surface area contributed by atoms with Gasteiger partial charge in [-0.3, -0.25) is 0 Å². The molecular weight excluding hydrogens is 345 g/mol. The molecule has 17 heavy (non-hydrogen) atoms. The van der Waals surface area contributed by atoms with E-state index in [0.29, 0.717) is 6.04 Å². The van der Waals surface area contributed by atoms with Crippen molar-refractivity contribution in [1.82, 2.24) is 5.32 Å². The molecule has 1 aromatic rings. The van der Waals surface area contributed by atoms with E-state index in [2.05, 4.69) is 53.5 Å². The fraction of sp³-hybridized carbons (Fsp3) is 0.429. The normalized spacial score (nSPS) is 12.4. The second-order valence-corrected chi connectivity index (χ2v) is 5.59. The standard InChI is InChI=1S/C14H19ClIN/c1-3-5-6-7-14(17-4-2)12-10-11(15)8-9-13(12)16/h3,8-10,14,17H,1,4-7H2,2H3. The number of hydrogen-bond donors (Lipinski definition) is 1. The average molecular weight is 364 g/mol. The molecule has 1 unspecified atom stereocenters. The van der Waals surface area contributed by atoms with Gasteiger partial charge >= 0.3 is 0 Å². The zero-order valence-electron chi connectivity index (χ0n) is 10.2. The first-order valence-electron chi connectivity index (χ1n) is 5.98. The van der Waals surface area contributed by atoms with Crippen molar-refractivity contribution in [1.29, 1.82) is 0 Å². The smallest absolute Gasteiger partial charge is 0.0410 e. The summed E-state index contributed by atoms with van der Waals surface area (Å²) in [6, 6.07) is 6.49. The Morgan fingerprint density at radius 2 is 2.29 bits per heavy atom. The molecule has 0 aliphatic heterocycles. The Morgan fingerprint density at radius 3 is 2.94 bits per heavy atom. The quantitative estimate of drug-likeness (QED) is 0.410. The summed E-state index contributed by atoms with van der Waals surface area (Å²) in [7, 11) is 0. The molecule has 1 atom stereocenters. The average Bonchev–Trinajstić information content (AvgIpc) is 2.32. The molecule has 0 aliphatic carbocycles. The van der Waals surface area contributed by atoms with Crippen LogP contribution in [0, 0.1) is 3.57 Å². The highest BCUT2D eigenvalue weighted by atomic mass is 127. The van der Waals surface area contributed by atoms with Gasteiger partial charge in [-0.05, 0) is 72.2 Å². The summed E-state index contributed by atoms with van der Waals surface area (Å²) in [5.41, 5.74) is 1.31. The van der Waals surface area contributed by atoms with Crippen LogP contribution in [0.1, 0.15) is 37.8 Å². The third-order valence-corrected chi connectivity index (χ3v) is 3.90. The second kappa shape index (κ2) is 8.11. The molecule has 0 fully saturated rings. The minimum Gasteiger partial charge on any atom is -0.310 e. The van der Waals surface area contributed by atoms with Crippen molar-refractivity contribution < 1.29 is 0 Å². The van der Waals surface area contributed by atoms with Crippen LogP contribution in [0.2, 0.25) is 5.02 Å². The summed E-state index contributed by atoms with van der Waals surface area (Å²) in [6.07, 6.45) is 5.32. The molecule has 0 bridgehead atoms. The van der Waals surface area contributed by atoms with Crippen LogP contribution in [0.15, 0.2) is 30.9 Å². The predicted molar refractivity (Wildman–Crippen MR) is 84.6 cm³/mol. The van der Waals surface area contributed by atoms with Crippen molar-refractivity contribution in [2.45, 2.75) is 32.2 Å². The molecule has 0 spiro atoms. The number of hydrogen-bond acceptors (Lipinski definition) is 1. The summed E-state index contributed by atoms with van der Waals surface area (Å²) in [6.45, 7) is 6.88. The zero-order chi connectivity index (χ0) is 12.7. The molecule has 0 aliphatic rings. The molecule has 1 N–H and O–H groups in total. The maximum Gasteiger partial charge on any atom is 0.0410 e.